The average molecular weight is 188 g/mol. The molecule has 1 aliphatic heterocycles. The average Bonchev–Trinajstić information content (AvgIpc) is 2.20. The largest absolute Gasteiger partial charge is 0.263 e. The smallest absolute Gasteiger partial charge is 0.0413 e. The fourth-order valence-electron chi connectivity index (χ4n) is 1.26. The maximum atomic E-state index is 4.11. The fraction of sp³-hybridized carbons (Fsp3) is 0.0909. The van der Waals surface area contributed by atoms with Crippen LogP contribution >= 0.6 is 11.8 Å². The Morgan fingerprint density at radius 1 is 1.23 bits per heavy atom. The number of nitrogens with zero attached hydrogens (tertiary/aromatic N) is 1. The van der Waals surface area contributed by atoms with Gasteiger partial charge < -0.3 is 0 Å². The summed E-state index contributed by atoms with van der Waals surface area (Å²) in [6.07, 6.45) is 3.72. The van der Waals surface area contributed by atoms with Gasteiger partial charge in [0.2, 0.25) is 0 Å². The van der Waals surface area contributed by atoms with Gasteiger partial charge in [-0.05, 0) is 23.5 Å². The molecular weight excluding hydrogens is 178 g/mol. The zero-order chi connectivity index (χ0) is 9.10. The molecule has 1 aliphatic rings. The van der Waals surface area contributed by atoms with Crippen LogP contribution in [0.5, 0.6) is 0 Å². The first kappa shape index (κ1) is 8.45. The van der Waals surface area contributed by atoms with Crippen LogP contribution < -0.4 is 5.32 Å². The van der Waals surface area contributed by atoms with Crippen molar-refractivity contribution in [2.45, 2.75) is 6.92 Å². The fourth-order valence-corrected chi connectivity index (χ4v) is 2.02. The van der Waals surface area contributed by atoms with Gasteiger partial charge in [-0.1, -0.05) is 36.0 Å². The van der Waals surface area contributed by atoms with Gasteiger partial charge in [0.05, 0.1) is 0 Å². The molecule has 1 heterocycles. The Morgan fingerprint density at radius 2 is 2.08 bits per heavy atom. The molecule has 2 rings (SSSR count). The van der Waals surface area contributed by atoms with Crippen molar-refractivity contribution >= 4 is 16.7 Å². The molecule has 1 nitrogen and oxygen atoms in total. The van der Waals surface area contributed by atoms with E-state index in [4.69, 9.17) is 0 Å². The van der Waals surface area contributed by atoms with Gasteiger partial charge in [-0.15, -0.1) is 0 Å². The second-order valence-electron chi connectivity index (χ2n) is 2.86. The molecule has 0 saturated heterocycles. The molecule has 0 bridgehead atoms. The first-order valence-electron chi connectivity index (χ1n) is 4.16. The maximum Gasteiger partial charge on any atom is 0.0413 e. The Morgan fingerprint density at radius 3 is 2.77 bits per heavy atom. The number of benzene rings is 1. The lowest BCUT2D eigenvalue weighted by atomic mass is 10.1. The molecule has 1 radical (unpaired) electrons. The van der Waals surface area contributed by atoms with Crippen LogP contribution in [0.25, 0.3) is 4.91 Å². The van der Waals surface area contributed by atoms with E-state index in [0.717, 1.165) is 0 Å². The van der Waals surface area contributed by atoms with Crippen molar-refractivity contribution in [2.75, 3.05) is 0 Å². The zero-order valence-electron chi connectivity index (χ0n) is 7.40. The van der Waals surface area contributed by atoms with Crippen LogP contribution in [0.4, 0.5) is 0 Å². The van der Waals surface area contributed by atoms with Gasteiger partial charge in [0.1, 0.15) is 0 Å². The molecule has 0 saturated carbocycles. The van der Waals surface area contributed by atoms with Crippen LogP contribution in [0.3, 0.4) is 0 Å². The molecule has 0 unspecified atom stereocenters. The molecule has 1 aromatic rings. The highest BCUT2D eigenvalue weighted by atomic mass is 32.2. The SMILES string of the molecule is Cc1ccccc1C1=C[N]C=CS1. The Bertz CT molecular complexity index is 366. The second-order valence-corrected chi connectivity index (χ2v) is 3.81. The zero-order valence-corrected chi connectivity index (χ0v) is 8.21. The lowest BCUT2D eigenvalue weighted by Gasteiger charge is -2.09. The third kappa shape index (κ3) is 1.78. The number of thioether (sulfide) groups is 1. The molecular formula is C11H10NS. The van der Waals surface area contributed by atoms with Gasteiger partial charge in [0, 0.05) is 17.3 Å². The Labute approximate surface area is 82.5 Å². The summed E-state index contributed by atoms with van der Waals surface area (Å²) in [6.45, 7) is 2.12. The minimum atomic E-state index is 1.22. The summed E-state index contributed by atoms with van der Waals surface area (Å²) in [4.78, 5) is 1.22. The molecule has 0 aromatic heterocycles. The maximum absolute atomic E-state index is 4.11. The number of rotatable bonds is 1. The van der Waals surface area contributed by atoms with Crippen molar-refractivity contribution in [3.05, 3.63) is 53.2 Å². The molecule has 0 N–H and O–H groups in total. The summed E-state index contributed by atoms with van der Waals surface area (Å²) in [5.41, 5.74) is 2.58. The molecule has 0 aliphatic carbocycles. The van der Waals surface area contributed by atoms with Gasteiger partial charge in [0.25, 0.3) is 0 Å². The van der Waals surface area contributed by atoms with Crippen molar-refractivity contribution in [1.29, 1.82) is 0 Å². The highest BCUT2D eigenvalue weighted by Crippen LogP contribution is 2.31. The molecule has 0 atom stereocenters. The lowest BCUT2D eigenvalue weighted by molar-refractivity contribution is 1.18. The third-order valence-corrected chi connectivity index (χ3v) is 2.78. The van der Waals surface area contributed by atoms with Gasteiger partial charge in [-0.2, -0.15) is 0 Å². The normalized spacial score (nSPS) is 15.0. The monoisotopic (exact) mass is 188 g/mol. The molecule has 0 amide bonds. The topological polar surface area (TPSA) is 14.1 Å². The summed E-state index contributed by atoms with van der Waals surface area (Å²) in [6, 6.07) is 8.36. The summed E-state index contributed by atoms with van der Waals surface area (Å²) in [5.74, 6) is 0. The van der Waals surface area contributed by atoms with Crippen molar-refractivity contribution in [3.8, 4) is 0 Å². The van der Waals surface area contributed by atoms with E-state index in [9.17, 15) is 0 Å². The van der Waals surface area contributed by atoms with Crippen LogP contribution in [0.2, 0.25) is 0 Å². The molecule has 13 heavy (non-hydrogen) atoms. The van der Waals surface area contributed by atoms with E-state index >= 15 is 0 Å². The van der Waals surface area contributed by atoms with Gasteiger partial charge in [-0.25, -0.2) is 0 Å². The lowest BCUT2D eigenvalue weighted by Crippen LogP contribution is -1.92. The van der Waals surface area contributed by atoms with E-state index in [1.165, 1.54) is 16.0 Å². The summed E-state index contributed by atoms with van der Waals surface area (Å²) in [5, 5.41) is 6.11. The Balaban J connectivity index is 2.35. The highest BCUT2D eigenvalue weighted by molar-refractivity contribution is 8.11. The molecule has 1 aromatic carbocycles. The van der Waals surface area contributed by atoms with E-state index in [0.29, 0.717) is 0 Å². The Kier molecular flexibility index (Phi) is 2.41. The number of hydrogen-bond donors (Lipinski definition) is 0. The molecule has 0 fully saturated rings. The van der Waals surface area contributed by atoms with E-state index < -0.39 is 0 Å². The minimum absolute atomic E-state index is 1.22. The van der Waals surface area contributed by atoms with E-state index in [2.05, 4.69) is 36.5 Å². The standard InChI is InChI=1S/C11H10NS/c1-9-4-2-3-5-10(9)11-8-12-6-7-13-11/h2-8H,1H3. The molecule has 2 heteroatoms. The van der Waals surface area contributed by atoms with Crippen molar-refractivity contribution < 1.29 is 0 Å². The van der Waals surface area contributed by atoms with E-state index in [1.807, 2.05) is 17.8 Å². The third-order valence-electron chi connectivity index (χ3n) is 1.94. The van der Waals surface area contributed by atoms with Gasteiger partial charge in [0.15, 0.2) is 0 Å². The minimum Gasteiger partial charge on any atom is -0.263 e. The first-order valence-corrected chi connectivity index (χ1v) is 5.04. The summed E-state index contributed by atoms with van der Waals surface area (Å²) >= 11 is 1.72. The van der Waals surface area contributed by atoms with Crippen molar-refractivity contribution in [3.63, 3.8) is 0 Å². The van der Waals surface area contributed by atoms with Gasteiger partial charge >= 0.3 is 0 Å². The van der Waals surface area contributed by atoms with E-state index in [1.54, 1.807) is 11.8 Å². The van der Waals surface area contributed by atoms with Crippen LogP contribution in [-0.2, 0) is 0 Å². The molecule has 0 spiro atoms. The Hall–Kier alpha value is -1.15. The van der Waals surface area contributed by atoms with Crippen molar-refractivity contribution in [2.24, 2.45) is 0 Å². The summed E-state index contributed by atoms with van der Waals surface area (Å²) < 4.78 is 0. The summed E-state index contributed by atoms with van der Waals surface area (Å²) in [7, 11) is 0. The highest BCUT2D eigenvalue weighted by Gasteiger charge is 2.05. The quantitative estimate of drug-likeness (QED) is 0.660. The number of aryl methyl sites for hydroxylation is 1. The van der Waals surface area contributed by atoms with Crippen LogP contribution in [-0.4, -0.2) is 0 Å². The van der Waals surface area contributed by atoms with Crippen LogP contribution in [0.1, 0.15) is 11.1 Å². The molecule has 65 valence electrons. The van der Waals surface area contributed by atoms with E-state index in [-0.39, 0.29) is 0 Å². The van der Waals surface area contributed by atoms with Crippen molar-refractivity contribution in [1.82, 2.24) is 5.32 Å². The number of hydrogen-bond acceptors (Lipinski definition) is 1. The predicted molar refractivity (Wildman–Crippen MR) is 58.0 cm³/mol. The van der Waals surface area contributed by atoms with Crippen LogP contribution in [0, 0.1) is 6.92 Å². The predicted octanol–water partition coefficient (Wildman–Crippen LogP) is 3.12. The van der Waals surface area contributed by atoms with Crippen LogP contribution in [0.15, 0.2) is 42.1 Å². The second kappa shape index (κ2) is 3.71. The first-order chi connectivity index (χ1) is 6.38. The van der Waals surface area contributed by atoms with Gasteiger partial charge in [-0.3, -0.25) is 5.32 Å².